The molecule has 2 aromatic carbocycles. The number of likely N-dealkylation sites (N-methyl/N-ethyl adjacent to an activating group) is 1. The number of rotatable bonds is 6. The van der Waals surface area contributed by atoms with Crippen LogP contribution in [0.25, 0.3) is 10.8 Å². The van der Waals surface area contributed by atoms with Gasteiger partial charge >= 0.3 is 0 Å². The number of nitrogens with two attached hydrogens (primary N) is 1. The molecule has 3 rings (SSSR count). The molecule has 1 aliphatic rings. The molecule has 124 valence electrons. The van der Waals surface area contributed by atoms with E-state index in [0.717, 1.165) is 25.9 Å². The Hall–Kier alpha value is -1.42. The molecule has 23 heavy (non-hydrogen) atoms. The summed E-state index contributed by atoms with van der Waals surface area (Å²) >= 11 is 0. The second-order valence-electron chi connectivity index (χ2n) is 6.80. The lowest BCUT2D eigenvalue weighted by molar-refractivity contribution is 0.0906. The van der Waals surface area contributed by atoms with Gasteiger partial charge in [0.25, 0.3) is 0 Å². The zero-order valence-corrected chi connectivity index (χ0v) is 14.2. The van der Waals surface area contributed by atoms with Gasteiger partial charge in [-0.25, -0.2) is 0 Å². The van der Waals surface area contributed by atoms with E-state index in [2.05, 4.69) is 59.3 Å². The van der Waals surface area contributed by atoms with Gasteiger partial charge in [0.15, 0.2) is 0 Å². The Morgan fingerprint density at radius 2 is 1.91 bits per heavy atom. The quantitative estimate of drug-likeness (QED) is 0.890. The van der Waals surface area contributed by atoms with E-state index in [9.17, 15) is 0 Å². The second-order valence-corrected chi connectivity index (χ2v) is 6.80. The summed E-state index contributed by atoms with van der Waals surface area (Å²) in [4.78, 5) is 5.12. The molecule has 1 atom stereocenters. The normalized spacial score (nSPS) is 20.2. The highest BCUT2D eigenvalue weighted by Crippen LogP contribution is 2.17. The second kappa shape index (κ2) is 7.91. The molecule has 0 aromatic heterocycles. The van der Waals surface area contributed by atoms with E-state index in [1.165, 1.54) is 42.4 Å². The molecule has 0 spiro atoms. The number of piperazine rings is 1. The van der Waals surface area contributed by atoms with Crippen molar-refractivity contribution in [2.75, 3.05) is 39.8 Å². The molecule has 1 fully saturated rings. The lowest BCUT2D eigenvalue weighted by Gasteiger charge is -2.39. The van der Waals surface area contributed by atoms with Gasteiger partial charge in [-0.05, 0) is 49.2 Å². The average molecular weight is 311 g/mol. The Kier molecular flexibility index (Phi) is 5.65. The van der Waals surface area contributed by atoms with Crippen molar-refractivity contribution in [1.82, 2.24) is 9.80 Å². The van der Waals surface area contributed by atoms with Crippen LogP contribution in [-0.4, -0.2) is 55.6 Å². The van der Waals surface area contributed by atoms with Crippen molar-refractivity contribution in [2.45, 2.75) is 25.3 Å². The van der Waals surface area contributed by atoms with Crippen molar-refractivity contribution < 1.29 is 0 Å². The van der Waals surface area contributed by atoms with Gasteiger partial charge < -0.3 is 15.5 Å². The van der Waals surface area contributed by atoms with Crippen molar-refractivity contribution in [3.05, 3.63) is 48.0 Å². The summed E-state index contributed by atoms with van der Waals surface area (Å²) in [5.74, 6) is 0. The van der Waals surface area contributed by atoms with Gasteiger partial charge in [-0.3, -0.25) is 0 Å². The maximum absolute atomic E-state index is 5.67. The zero-order valence-electron chi connectivity index (χ0n) is 14.2. The van der Waals surface area contributed by atoms with Crippen molar-refractivity contribution in [3.63, 3.8) is 0 Å². The Balaban J connectivity index is 1.56. The van der Waals surface area contributed by atoms with Crippen LogP contribution in [0.1, 0.15) is 18.4 Å². The molecule has 1 saturated heterocycles. The summed E-state index contributed by atoms with van der Waals surface area (Å²) in [6.45, 7) is 5.51. The number of benzene rings is 2. The van der Waals surface area contributed by atoms with Crippen LogP contribution in [0, 0.1) is 0 Å². The molecule has 2 aromatic rings. The van der Waals surface area contributed by atoms with E-state index >= 15 is 0 Å². The van der Waals surface area contributed by atoms with Crippen LogP contribution >= 0.6 is 0 Å². The predicted octanol–water partition coefficient (Wildman–Crippen LogP) is 2.74. The Morgan fingerprint density at radius 3 is 2.74 bits per heavy atom. The van der Waals surface area contributed by atoms with Crippen LogP contribution in [0.15, 0.2) is 42.5 Å². The van der Waals surface area contributed by atoms with Crippen molar-refractivity contribution in [1.29, 1.82) is 0 Å². The third-order valence-corrected chi connectivity index (χ3v) is 5.13. The van der Waals surface area contributed by atoms with E-state index in [4.69, 9.17) is 5.73 Å². The fraction of sp³-hybridized carbons (Fsp3) is 0.500. The van der Waals surface area contributed by atoms with Gasteiger partial charge in [-0.15, -0.1) is 0 Å². The van der Waals surface area contributed by atoms with E-state index < -0.39 is 0 Å². The van der Waals surface area contributed by atoms with Gasteiger partial charge in [0.05, 0.1) is 0 Å². The number of nitrogens with zero attached hydrogens (tertiary/aromatic N) is 2. The molecule has 0 radical (unpaired) electrons. The van der Waals surface area contributed by atoms with Gasteiger partial charge in [-0.2, -0.15) is 0 Å². The smallest absolute Gasteiger partial charge is 0.0221 e. The summed E-state index contributed by atoms with van der Waals surface area (Å²) in [5.41, 5.74) is 7.12. The molecule has 0 bridgehead atoms. The summed E-state index contributed by atoms with van der Waals surface area (Å²) in [7, 11) is 2.25. The fourth-order valence-corrected chi connectivity index (χ4v) is 3.56. The SMILES string of the molecule is CN1CCN(CCc2ccc3ccccc3c2)C[C@@H]1CCCN. The Morgan fingerprint density at radius 1 is 1.09 bits per heavy atom. The predicted molar refractivity (Wildman–Crippen MR) is 98.8 cm³/mol. The van der Waals surface area contributed by atoms with Crippen molar-refractivity contribution in [3.8, 4) is 0 Å². The minimum absolute atomic E-state index is 0.670. The minimum atomic E-state index is 0.670. The highest BCUT2D eigenvalue weighted by Gasteiger charge is 2.23. The van der Waals surface area contributed by atoms with Gasteiger partial charge in [0, 0.05) is 32.2 Å². The summed E-state index contributed by atoms with van der Waals surface area (Å²) < 4.78 is 0. The van der Waals surface area contributed by atoms with Crippen LogP contribution < -0.4 is 5.73 Å². The standard InChI is InChI=1S/C20H29N3/c1-22-13-14-23(16-20(22)7-4-11-21)12-10-17-8-9-18-5-2-3-6-19(18)15-17/h2-3,5-6,8-9,15,20H,4,7,10-14,16,21H2,1H3/t20-/m0/s1. The van der Waals surface area contributed by atoms with Crippen LogP contribution in [-0.2, 0) is 6.42 Å². The van der Waals surface area contributed by atoms with Crippen LogP contribution in [0.5, 0.6) is 0 Å². The fourth-order valence-electron chi connectivity index (χ4n) is 3.56. The summed E-state index contributed by atoms with van der Waals surface area (Å²) in [6, 6.07) is 16.2. The Labute approximate surface area is 140 Å². The van der Waals surface area contributed by atoms with E-state index in [-0.39, 0.29) is 0 Å². The topological polar surface area (TPSA) is 32.5 Å². The first-order chi connectivity index (χ1) is 11.3. The Bertz CT molecular complexity index is 625. The third kappa shape index (κ3) is 4.31. The van der Waals surface area contributed by atoms with Crippen LogP contribution in [0.2, 0.25) is 0 Å². The molecular formula is C20H29N3. The molecule has 0 unspecified atom stereocenters. The summed E-state index contributed by atoms with van der Waals surface area (Å²) in [6.07, 6.45) is 3.49. The third-order valence-electron chi connectivity index (χ3n) is 5.13. The highest BCUT2D eigenvalue weighted by atomic mass is 15.3. The minimum Gasteiger partial charge on any atom is -0.330 e. The lowest BCUT2D eigenvalue weighted by Crippen LogP contribution is -2.51. The van der Waals surface area contributed by atoms with Gasteiger partial charge in [0.2, 0.25) is 0 Å². The maximum Gasteiger partial charge on any atom is 0.0221 e. The first-order valence-corrected chi connectivity index (χ1v) is 8.86. The molecule has 3 heteroatoms. The molecule has 2 N–H and O–H groups in total. The maximum atomic E-state index is 5.67. The van der Waals surface area contributed by atoms with E-state index in [1.54, 1.807) is 0 Å². The number of hydrogen-bond donors (Lipinski definition) is 1. The molecule has 1 aliphatic heterocycles. The number of fused-ring (bicyclic) bond motifs is 1. The van der Waals surface area contributed by atoms with Crippen LogP contribution in [0.3, 0.4) is 0 Å². The zero-order chi connectivity index (χ0) is 16.1. The van der Waals surface area contributed by atoms with Crippen molar-refractivity contribution in [2.24, 2.45) is 5.73 Å². The van der Waals surface area contributed by atoms with Gasteiger partial charge in [0.1, 0.15) is 0 Å². The lowest BCUT2D eigenvalue weighted by atomic mass is 10.0. The van der Waals surface area contributed by atoms with Crippen LogP contribution in [0.4, 0.5) is 0 Å². The molecule has 3 nitrogen and oxygen atoms in total. The average Bonchev–Trinajstić information content (AvgIpc) is 2.59. The first-order valence-electron chi connectivity index (χ1n) is 8.86. The summed E-state index contributed by atoms with van der Waals surface area (Å²) in [5, 5.41) is 2.68. The van der Waals surface area contributed by atoms with E-state index in [1.807, 2.05) is 0 Å². The van der Waals surface area contributed by atoms with E-state index in [0.29, 0.717) is 6.04 Å². The molecular weight excluding hydrogens is 282 g/mol. The molecule has 0 amide bonds. The monoisotopic (exact) mass is 311 g/mol. The number of hydrogen-bond acceptors (Lipinski definition) is 3. The largest absolute Gasteiger partial charge is 0.330 e. The molecule has 1 heterocycles. The molecule has 0 saturated carbocycles. The van der Waals surface area contributed by atoms with Gasteiger partial charge in [-0.1, -0.05) is 42.5 Å². The highest BCUT2D eigenvalue weighted by molar-refractivity contribution is 5.82. The molecule has 0 aliphatic carbocycles. The first kappa shape index (κ1) is 16.4. The van der Waals surface area contributed by atoms with Crippen molar-refractivity contribution >= 4 is 10.8 Å².